The molecule has 2 aromatic heterocycles. The van der Waals surface area contributed by atoms with Crippen molar-refractivity contribution in [2.45, 2.75) is 51.7 Å². The van der Waals surface area contributed by atoms with Gasteiger partial charge in [-0.05, 0) is 39.0 Å². The van der Waals surface area contributed by atoms with Crippen LogP contribution < -0.4 is 21.9 Å². The number of hydrogen-bond donors (Lipinski definition) is 1. The predicted octanol–water partition coefficient (Wildman–Crippen LogP) is 0.716. The first kappa shape index (κ1) is 18.0. The third kappa shape index (κ3) is 2.74. The van der Waals surface area contributed by atoms with E-state index in [4.69, 9.17) is 10.7 Å². The van der Waals surface area contributed by atoms with Crippen LogP contribution in [0.2, 0.25) is 0 Å². The van der Waals surface area contributed by atoms with E-state index in [-0.39, 0.29) is 23.3 Å². The first-order chi connectivity index (χ1) is 12.8. The first-order valence-corrected chi connectivity index (χ1v) is 9.61. The second-order valence-corrected chi connectivity index (χ2v) is 8.24. The van der Waals surface area contributed by atoms with Crippen LogP contribution in [-0.2, 0) is 20.6 Å². The molecule has 2 aliphatic heterocycles. The first-order valence-electron chi connectivity index (χ1n) is 9.61. The molecule has 1 aliphatic carbocycles. The fourth-order valence-corrected chi connectivity index (χ4v) is 4.58. The zero-order chi connectivity index (χ0) is 19.5. The molecule has 27 heavy (non-hydrogen) atoms. The minimum absolute atomic E-state index is 0.126. The van der Waals surface area contributed by atoms with Gasteiger partial charge in [-0.25, -0.2) is 4.79 Å². The van der Waals surface area contributed by atoms with Gasteiger partial charge in [-0.3, -0.25) is 13.9 Å². The predicted molar refractivity (Wildman–Crippen MR) is 106 cm³/mol. The van der Waals surface area contributed by atoms with Gasteiger partial charge in [0.2, 0.25) is 5.95 Å². The third-order valence-corrected chi connectivity index (χ3v) is 6.09. The quantitative estimate of drug-likeness (QED) is 0.802. The standard InChI is InChI=1S/C19H28N6O2/c1-11(2)7-8-24-15-16(22(3)19(27)23(4)17(15)26)21-18(24)25-10-12-5-6-14(25)13(20)9-12/h7,12-14H,5-6,8-10,20H2,1-4H3. The molecule has 4 heterocycles. The smallest absolute Gasteiger partial charge is 0.332 e. The number of rotatable bonds is 3. The molecule has 3 fully saturated rings. The monoisotopic (exact) mass is 372 g/mol. The summed E-state index contributed by atoms with van der Waals surface area (Å²) < 4.78 is 4.57. The van der Waals surface area contributed by atoms with Crippen LogP contribution >= 0.6 is 0 Å². The van der Waals surface area contributed by atoms with Crippen molar-refractivity contribution in [3.8, 4) is 0 Å². The summed E-state index contributed by atoms with van der Waals surface area (Å²) in [7, 11) is 3.18. The summed E-state index contributed by atoms with van der Waals surface area (Å²) in [5.41, 5.74) is 7.83. The van der Waals surface area contributed by atoms with Crippen molar-refractivity contribution in [1.82, 2.24) is 18.7 Å². The SMILES string of the molecule is CC(C)=CCn1c(N2CC3CCC2C(N)C3)nc2c1c(=O)n(C)c(=O)n2C. The molecule has 2 N–H and O–H groups in total. The summed E-state index contributed by atoms with van der Waals surface area (Å²) in [6.07, 6.45) is 5.38. The van der Waals surface area contributed by atoms with Gasteiger partial charge in [-0.15, -0.1) is 0 Å². The number of aromatic nitrogens is 4. The number of nitrogens with zero attached hydrogens (tertiary/aromatic N) is 5. The van der Waals surface area contributed by atoms with E-state index in [0.29, 0.717) is 23.6 Å². The van der Waals surface area contributed by atoms with E-state index in [0.717, 1.165) is 29.9 Å². The summed E-state index contributed by atoms with van der Waals surface area (Å²) in [6, 6.07) is 0.360. The molecule has 3 aliphatic rings. The molecular weight excluding hydrogens is 344 g/mol. The van der Waals surface area contributed by atoms with E-state index in [1.54, 1.807) is 7.05 Å². The zero-order valence-electron chi connectivity index (χ0n) is 16.5. The van der Waals surface area contributed by atoms with Gasteiger partial charge in [-0.2, -0.15) is 4.98 Å². The number of nitrogens with two attached hydrogens (primary N) is 1. The van der Waals surface area contributed by atoms with Gasteiger partial charge < -0.3 is 15.2 Å². The van der Waals surface area contributed by atoms with Crippen LogP contribution in [0.3, 0.4) is 0 Å². The van der Waals surface area contributed by atoms with Gasteiger partial charge in [-0.1, -0.05) is 11.6 Å². The highest BCUT2D eigenvalue weighted by atomic mass is 16.2. The Balaban J connectivity index is 1.97. The van der Waals surface area contributed by atoms with Crippen molar-refractivity contribution in [2.75, 3.05) is 11.4 Å². The van der Waals surface area contributed by atoms with E-state index in [1.165, 1.54) is 23.6 Å². The summed E-state index contributed by atoms with van der Waals surface area (Å²) >= 11 is 0. The second kappa shape index (κ2) is 6.37. The van der Waals surface area contributed by atoms with E-state index in [2.05, 4.69) is 11.0 Å². The lowest BCUT2D eigenvalue weighted by Crippen LogP contribution is -2.59. The molecule has 0 aromatic carbocycles. The van der Waals surface area contributed by atoms with Gasteiger partial charge in [0.15, 0.2) is 11.2 Å². The average Bonchev–Trinajstić information content (AvgIpc) is 3.02. The van der Waals surface area contributed by atoms with Crippen molar-refractivity contribution in [2.24, 2.45) is 25.7 Å². The summed E-state index contributed by atoms with van der Waals surface area (Å²) in [5.74, 6) is 1.32. The highest BCUT2D eigenvalue weighted by Crippen LogP contribution is 2.37. The molecule has 3 atom stereocenters. The Bertz CT molecular complexity index is 1040. The number of imidazole rings is 1. The maximum absolute atomic E-state index is 12.9. The van der Waals surface area contributed by atoms with Crippen molar-refractivity contribution in [1.29, 1.82) is 0 Å². The Morgan fingerprint density at radius 1 is 1.22 bits per heavy atom. The van der Waals surface area contributed by atoms with Gasteiger partial charge in [0, 0.05) is 39.3 Å². The largest absolute Gasteiger partial charge is 0.337 e. The van der Waals surface area contributed by atoms with Crippen LogP contribution in [0.25, 0.3) is 11.2 Å². The van der Waals surface area contributed by atoms with Crippen LogP contribution in [0.5, 0.6) is 0 Å². The normalized spacial score (nSPS) is 24.6. The zero-order valence-corrected chi connectivity index (χ0v) is 16.5. The van der Waals surface area contributed by atoms with E-state index in [9.17, 15) is 9.59 Å². The van der Waals surface area contributed by atoms with Crippen molar-refractivity contribution < 1.29 is 0 Å². The number of allylic oxidation sites excluding steroid dienone is 2. The Morgan fingerprint density at radius 2 is 1.96 bits per heavy atom. The van der Waals surface area contributed by atoms with Crippen molar-refractivity contribution in [3.63, 3.8) is 0 Å². The molecule has 3 unspecified atom stereocenters. The lowest BCUT2D eigenvalue weighted by molar-refractivity contribution is 0.217. The molecular formula is C19H28N6O2. The van der Waals surface area contributed by atoms with Gasteiger partial charge in [0.25, 0.3) is 5.56 Å². The number of aryl methyl sites for hydroxylation is 1. The molecule has 0 radical (unpaired) electrons. The van der Waals surface area contributed by atoms with Gasteiger partial charge >= 0.3 is 5.69 Å². The van der Waals surface area contributed by atoms with Crippen LogP contribution in [0.1, 0.15) is 33.1 Å². The molecule has 2 aromatic rings. The number of anilines is 1. The highest BCUT2D eigenvalue weighted by Gasteiger charge is 2.41. The highest BCUT2D eigenvalue weighted by molar-refractivity contribution is 5.75. The lowest BCUT2D eigenvalue weighted by atomic mass is 9.77. The van der Waals surface area contributed by atoms with Crippen LogP contribution in [0, 0.1) is 5.92 Å². The fourth-order valence-electron chi connectivity index (χ4n) is 4.58. The molecule has 0 spiro atoms. The molecule has 5 rings (SSSR count). The van der Waals surface area contributed by atoms with E-state index >= 15 is 0 Å². The molecule has 1 saturated carbocycles. The molecule has 146 valence electrons. The summed E-state index contributed by atoms with van der Waals surface area (Å²) in [5, 5.41) is 0. The van der Waals surface area contributed by atoms with Crippen LogP contribution in [0.4, 0.5) is 5.95 Å². The average molecular weight is 372 g/mol. The van der Waals surface area contributed by atoms with Crippen molar-refractivity contribution in [3.05, 3.63) is 32.5 Å². The Hall–Kier alpha value is -2.35. The molecule has 8 nitrogen and oxygen atoms in total. The molecule has 2 saturated heterocycles. The van der Waals surface area contributed by atoms with Gasteiger partial charge in [0.05, 0.1) is 0 Å². The maximum atomic E-state index is 12.9. The summed E-state index contributed by atoms with van der Waals surface area (Å²) in [4.78, 5) is 32.3. The Morgan fingerprint density at radius 3 is 2.59 bits per heavy atom. The minimum atomic E-state index is -0.359. The van der Waals surface area contributed by atoms with Crippen LogP contribution in [0.15, 0.2) is 21.2 Å². The summed E-state index contributed by atoms with van der Waals surface area (Å²) in [6.45, 7) is 5.52. The topological polar surface area (TPSA) is 91.1 Å². The second-order valence-electron chi connectivity index (χ2n) is 8.24. The number of fused-ring (bicyclic) bond motifs is 4. The van der Waals surface area contributed by atoms with Crippen LogP contribution in [-0.4, -0.2) is 37.3 Å². The van der Waals surface area contributed by atoms with E-state index < -0.39 is 0 Å². The Labute approximate surface area is 157 Å². The molecule has 8 heteroatoms. The molecule has 2 bridgehead atoms. The molecule has 0 amide bonds. The number of piperidine rings is 2. The third-order valence-electron chi connectivity index (χ3n) is 6.09. The van der Waals surface area contributed by atoms with Gasteiger partial charge in [0.1, 0.15) is 0 Å². The lowest BCUT2D eigenvalue weighted by Gasteiger charge is -2.49. The maximum Gasteiger partial charge on any atom is 0.332 e. The van der Waals surface area contributed by atoms with Crippen molar-refractivity contribution >= 4 is 17.1 Å². The van der Waals surface area contributed by atoms with E-state index in [1.807, 2.05) is 18.4 Å². The minimum Gasteiger partial charge on any atom is -0.337 e. The fraction of sp³-hybridized carbons (Fsp3) is 0.632. The Kier molecular flexibility index (Phi) is 4.25. The number of hydrogen-bond acceptors (Lipinski definition) is 5.